The Morgan fingerprint density at radius 1 is 1.36 bits per heavy atom. The second-order valence-electron chi connectivity index (χ2n) is 1.70. The van der Waals surface area contributed by atoms with Gasteiger partial charge in [-0.2, -0.15) is 0 Å². The molecule has 0 unspecified atom stereocenters. The minimum atomic E-state index is 0.543. The van der Waals surface area contributed by atoms with E-state index in [0.29, 0.717) is 5.82 Å². The highest BCUT2D eigenvalue weighted by Crippen LogP contribution is 2.03. The normalized spacial score (nSPS) is 7.91. The lowest BCUT2D eigenvalue weighted by atomic mass is 10.4. The van der Waals surface area contributed by atoms with Crippen LogP contribution in [0, 0.1) is 0 Å². The summed E-state index contributed by atoms with van der Waals surface area (Å²) in [6.07, 6.45) is 0. The highest BCUT2D eigenvalue weighted by molar-refractivity contribution is 5.41. The first-order valence-corrected chi connectivity index (χ1v) is 3.73. The summed E-state index contributed by atoms with van der Waals surface area (Å²) in [6.45, 7) is 4.00. The van der Waals surface area contributed by atoms with E-state index in [0.717, 1.165) is 5.82 Å². The molecule has 0 aliphatic carbocycles. The van der Waals surface area contributed by atoms with Gasteiger partial charge in [0.2, 0.25) is 0 Å². The van der Waals surface area contributed by atoms with Crippen LogP contribution in [0.1, 0.15) is 13.8 Å². The van der Waals surface area contributed by atoms with Gasteiger partial charge in [-0.1, -0.05) is 19.9 Å². The number of aromatic nitrogens is 1. The van der Waals surface area contributed by atoms with Crippen molar-refractivity contribution >= 4 is 11.6 Å². The van der Waals surface area contributed by atoms with E-state index < -0.39 is 0 Å². The second kappa shape index (κ2) is 5.53. The van der Waals surface area contributed by atoms with Crippen LogP contribution >= 0.6 is 0 Å². The van der Waals surface area contributed by atoms with Crippen molar-refractivity contribution < 1.29 is 0 Å². The Labute approximate surface area is 67.6 Å². The maximum atomic E-state index is 5.38. The van der Waals surface area contributed by atoms with Crippen molar-refractivity contribution in [2.24, 2.45) is 0 Å². The molecule has 0 aliphatic rings. The standard InChI is InChI=1S/C6H9N3.C2H6/c1-8-6-4-2-3-5(7)9-6;1-2/h2-4H,1H3,(H3,7,8,9);1-2H3. The number of hydrogen-bond donors (Lipinski definition) is 2. The van der Waals surface area contributed by atoms with Gasteiger partial charge in [-0.25, -0.2) is 4.98 Å². The Morgan fingerprint density at radius 2 is 2.00 bits per heavy atom. The number of nitrogens with zero attached hydrogens (tertiary/aromatic N) is 1. The molecule has 3 N–H and O–H groups in total. The van der Waals surface area contributed by atoms with Gasteiger partial charge in [0.05, 0.1) is 0 Å². The highest BCUT2D eigenvalue weighted by Gasteiger charge is 1.86. The number of nitrogens with one attached hydrogen (secondary N) is 1. The van der Waals surface area contributed by atoms with E-state index >= 15 is 0 Å². The lowest BCUT2D eigenvalue weighted by Crippen LogP contribution is -1.94. The maximum absolute atomic E-state index is 5.38. The molecule has 1 aromatic heterocycles. The van der Waals surface area contributed by atoms with Crippen LogP contribution < -0.4 is 11.1 Å². The molecular weight excluding hydrogens is 138 g/mol. The summed E-state index contributed by atoms with van der Waals surface area (Å²) in [5.74, 6) is 1.34. The largest absolute Gasteiger partial charge is 0.384 e. The van der Waals surface area contributed by atoms with E-state index in [4.69, 9.17) is 5.73 Å². The summed E-state index contributed by atoms with van der Waals surface area (Å²) in [5.41, 5.74) is 5.38. The van der Waals surface area contributed by atoms with Crippen LogP contribution in [0.2, 0.25) is 0 Å². The summed E-state index contributed by atoms with van der Waals surface area (Å²) in [4.78, 5) is 3.96. The first-order valence-electron chi connectivity index (χ1n) is 3.73. The van der Waals surface area contributed by atoms with Gasteiger partial charge < -0.3 is 11.1 Å². The zero-order valence-corrected chi connectivity index (χ0v) is 7.26. The van der Waals surface area contributed by atoms with Crippen LogP contribution in [0.3, 0.4) is 0 Å². The fourth-order valence-corrected chi connectivity index (χ4v) is 0.591. The molecule has 1 rings (SSSR count). The van der Waals surface area contributed by atoms with Crippen molar-refractivity contribution in [2.45, 2.75) is 13.8 Å². The van der Waals surface area contributed by atoms with Crippen molar-refractivity contribution in [1.29, 1.82) is 0 Å². The van der Waals surface area contributed by atoms with Crippen LogP contribution in [0.4, 0.5) is 11.6 Å². The summed E-state index contributed by atoms with van der Waals surface area (Å²) in [7, 11) is 1.81. The number of nitrogen functional groups attached to an aromatic ring is 1. The van der Waals surface area contributed by atoms with Crippen molar-refractivity contribution in [3.05, 3.63) is 18.2 Å². The van der Waals surface area contributed by atoms with Crippen molar-refractivity contribution in [3.8, 4) is 0 Å². The maximum Gasteiger partial charge on any atom is 0.128 e. The topological polar surface area (TPSA) is 50.9 Å². The SMILES string of the molecule is CC.CNc1cccc(N)n1. The zero-order chi connectivity index (χ0) is 8.69. The molecular formula is C8H15N3. The average Bonchev–Trinajstić information content (AvgIpc) is 2.08. The molecule has 0 amide bonds. The summed E-state index contributed by atoms with van der Waals surface area (Å²) < 4.78 is 0. The molecule has 0 bridgehead atoms. The number of pyridine rings is 1. The molecule has 11 heavy (non-hydrogen) atoms. The van der Waals surface area contributed by atoms with Crippen molar-refractivity contribution in [2.75, 3.05) is 18.1 Å². The lowest BCUT2D eigenvalue weighted by Gasteiger charge is -1.96. The molecule has 1 heterocycles. The smallest absolute Gasteiger partial charge is 0.128 e. The molecule has 62 valence electrons. The lowest BCUT2D eigenvalue weighted by molar-refractivity contribution is 1.29. The third-order valence-corrected chi connectivity index (χ3v) is 1.03. The number of hydrogen-bond acceptors (Lipinski definition) is 3. The van der Waals surface area contributed by atoms with Gasteiger partial charge in [0, 0.05) is 7.05 Å². The van der Waals surface area contributed by atoms with E-state index in [2.05, 4.69) is 10.3 Å². The van der Waals surface area contributed by atoms with E-state index in [-0.39, 0.29) is 0 Å². The molecule has 0 atom stereocenters. The molecule has 0 aromatic carbocycles. The molecule has 3 heteroatoms. The zero-order valence-electron chi connectivity index (χ0n) is 7.26. The Balaban J connectivity index is 0.000000461. The first-order chi connectivity index (χ1) is 5.33. The molecule has 0 aliphatic heterocycles. The van der Waals surface area contributed by atoms with Gasteiger partial charge >= 0.3 is 0 Å². The third-order valence-electron chi connectivity index (χ3n) is 1.03. The van der Waals surface area contributed by atoms with Gasteiger partial charge in [-0.15, -0.1) is 0 Å². The van der Waals surface area contributed by atoms with Crippen LogP contribution in [0.15, 0.2) is 18.2 Å². The third kappa shape index (κ3) is 3.45. The van der Waals surface area contributed by atoms with Gasteiger partial charge in [0.15, 0.2) is 0 Å². The van der Waals surface area contributed by atoms with Gasteiger partial charge in [0.1, 0.15) is 11.6 Å². The summed E-state index contributed by atoms with van der Waals surface area (Å²) in [6, 6.07) is 5.46. The van der Waals surface area contributed by atoms with E-state index in [1.807, 2.05) is 33.0 Å². The van der Waals surface area contributed by atoms with Crippen LogP contribution in [0.5, 0.6) is 0 Å². The van der Waals surface area contributed by atoms with Crippen LogP contribution in [0.25, 0.3) is 0 Å². The fourth-order valence-electron chi connectivity index (χ4n) is 0.591. The van der Waals surface area contributed by atoms with Gasteiger partial charge in [-0.3, -0.25) is 0 Å². The predicted octanol–water partition coefficient (Wildman–Crippen LogP) is 1.73. The van der Waals surface area contributed by atoms with Crippen molar-refractivity contribution in [3.63, 3.8) is 0 Å². The van der Waals surface area contributed by atoms with E-state index in [1.54, 1.807) is 6.07 Å². The highest BCUT2D eigenvalue weighted by atomic mass is 15.0. The molecule has 0 saturated heterocycles. The number of nitrogens with two attached hydrogens (primary N) is 1. The summed E-state index contributed by atoms with van der Waals surface area (Å²) >= 11 is 0. The molecule has 0 saturated carbocycles. The fraction of sp³-hybridized carbons (Fsp3) is 0.375. The van der Waals surface area contributed by atoms with Crippen LogP contribution in [-0.4, -0.2) is 12.0 Å². The second-order valence-corrected chi connectivity index (χ2v) is 1.70. The molecule has 0 spiro atoms. The minimum Gasteiger partial charge on any atom is -0.384 e. The van der Waals surface area contributed by atoms with E-state index in [9.17, 15) is 0 Å². The Hall–Kier alpha value is -1.25. The Bertz CT molecular complexity index is 198. The molecule has 3 nitrogen and oxygen atoms in total. The van der Waals surface area contributed by atoms with Gasteiger partial charge in [-0.05, 0) is 12.1 Å². The molecule has 0 fully saturated rings. The van der Waals surface area contributed by atoms with E-state index in [1.165, 1.54) is 0 Å². The minimum absolute atomic E-state index is 0.543. The van der Waals surface area contributed by atoms with Crippen LogP contribution in [-0.2, 0) is 0 Å². The number of anilines is 2. The number of rotatable bonds is 1. The Kier molecular flexibility index (Phi) is 4.90. The Morgan fingerprint density at radius 3 is 2.36 bits per heavy atom. The van der Waals surface area contributed by atoms with Gasteiger partial charge in [0.25, 0.3) is 0 Å². The molecule has 1 aromatic rings. The van der Waals surface area contributed by atoms with Crippen molar-refractivity contribution in [1.82, 2.24) is 4.98 Å². The first kappa shape index (κ1) is 9.75. The summed E-state index contributed by atoms with van der Waals surface area (Å²) in [5, 5.41) is 2.88. The predicted molar refractivity (Wildman–Crippen MR) is 49.5 cm³/mol. The quantitative estimate of drug-likeness (QED) is 0.646. The average molecular weight is 153 g/mol. The monoisotopic (exact) mass is 153 g/mol. The molecule has 0 radical (unpaired) electrons.